The number of benzene rings is 1. The van der Waals surface area contributed by atoms with E-state index in [4.69, 9.17) is 15.2 Å². The highest BCUT2D eigenvalue weighted by atomic mass is 16.5. The Morgan fingerprint density at radius 3 is 2.11 bits per heavy atom. The van der Waals surface area contributed by atoms with Crippen molar-refractivity contribution in [3.8, 4) is 11.5 Å². The first-order chi connectivity index (χ1) is 8.68. The van der Waals surface area contributed by atoms with Gasteiger partial charge in [-0.25, -0.2) is 0 Å². The molecule has 1 aromatic carbocycles. The Bertz CT molecular complexity index is 480. The van der Waals surface area contributed by atoms with E-state index in [9.17, 15) is 9.90 Å². The Kier molecular flexibility index (Phi) is 4.10. The van der Waals surface area contributed by atoms with E-state index >= 15 is 0 Å². The van der Waals surface area contributed by atoms with Gasteiger partial charge in [-0.05, 0) is 24.6 Å². The summed E-state index contributed by atoms with van der Waals surface area (Å²) >= 11 is 0. The Labute approximate surface area is 113 Å². The second-order valence-electron chi connectivity index (χ2n) is 5.20. The molecule has 0 radical (unpaired) electrons. The molecule has 0 aromatic heterocycles. The SMILES string of the molecule is COc1ccc(C(C)(C)[C@@](C)(N)C(=O)O)cc1OC. The van der Waals surface area contributed by atoms with Gasteiger partial charge >= 0.3 is 5.97 Å². The standard InChI is InChI=1S/C14H21NO4/c1-13(2,14(3,15)12(16)17)9-6-7-10(18-4)11(8-9)19-5/h6-8H,15H2,1-5H3,(H,16,17)/t14-/m0/s1. The van der Waals surface area contributed by atoms with E-state index < -0.39 is 16.9 Å². The summed E-state index contributed by atoms with van der Waals surface area (Å²) in [6.45, 7) is 5.09. The number of aliphatic carboxylic acids is 1. The van der Waals surface area contributed by atoms with Crippen LogP contribution in [0.2, 0.25) is 0 Å². The Morgan fingerprint density at radius 1 is 1.16 bits per heavy atom. The number of methoxy groups -OCH3 is 2. The van der Waals surface area contributed by atoms with Crippen molar-refractivity contribution in [3.05, 3.63) is 23.8 Å². The molecule has 0 aliphatic carbocycles. The van der Waals surface area contributed by atoms with Crippen molar-refractivity contribution in [1.82, 2.24) is 0 Å². The van der Waals surface area contributed by atoms with Crippen molar-refractivity contribution in [2.45, 2.75) is 31.7 Å². The van der Waals surface area contributed by atoms with Crippen LogP contribution in [0, 0.1) is 0 Å². The third kappa shape index (κ3) is 2.51. The summed E-state index contributed by atoms with van der Waals surface area (Å²) in [7, 11) is 3.08. The second kappa shape index (κ2) is 5.09. The third-order valence-electron chi connectivity index (χ3n) is 3.85. The Morgan fingerprint density at radius 2 is 1.68 bits per heavy atom. The number of hydrogen-bond acceptors (Lipinski definition) is 4. The predicted molar refractivity (Wildman–Crippen MR) is 72.8 cm³/mol. The van der Waals surface area contributed by atoms with Crippen LogP contribution in [0.4, 0.5) is 0 Å². The van der Waals surface area contributed by atoms with Gasteiger partial charge < -0.3 is 20.3 Å². The molecule has 106 valence electrons. The van der Waals surface area contributed by atoms with E-state index in [-0.39, 0.29) is 0 Å². The normalized spacial score (nSPS) is 14.6. The molecule has 5 nitrogen and oxygen atoms in total. The molecule has 0 amide bonds. The maximum atomic E-state index is 11.3. The molecule has 0 aliphatic heterocycles. The molecule has 0 heterocycles. The first-order valence-corrected chi connectivity index (χ1v) is 5.93. The second-order valence-corrected chi connectivity index (χ2v) is 5.20. The highest BCUT2D eigenvalue weighted by Crippen LogP contribution is 2.38. The van der Waals surface area contributed by atoms with Crippen molar-refractivity contribution < 1.29 is 19.4 Å². The molecular weight excluding hydrogens is 246 g/mol. The molecule has 3 N–H and O–H groups in total. The number of hydrogen-bond donors (Lipinski definition) is 2. The van der Waals surface area contributed by atoms with E-state index in [1.54, 1.807) is 39.2 Å². The van der Waals surface area contributed by atoms with E-state index in [2.05, 4.69) is 0 Å². The molecule has 1 aromatic rings. The molecule has 0 unspecified atom stereocenters. The maximum Gasteiger partial charge on any atom is 0.324 e. The number of ether oxygens (including phenoxy) is 2. The Balaban J connectivity index is 3.33. The third-order valence-corrected chi connectivity index (χ3v) is 3.85. The predicted octanol–water partition coefficient (Wildman–Crippen LogP) is 1.78. The van der Waals surface area contributed by atoms with Crippen LogP contribution < -0.4 is 15.2 Å². The monoisotopic (exact) mass is 267 g/mol. The molecule has 0 saturated carbocycles. The van der Waals surface area contributed by atoms with Crippen LogP contribution in [0.1, 0.15) is 26.3 Å². The molecule has 19 heavy (non-hydrogen) atoms. The highest BCUT2D eigenvalue weighted by molar-refractivity contribution is 5.80. The van der Waals surface area contributed by atoms with Gasteiger partial charge in [0.2, 0.25) is 0 Å². The summed E-state index contributed by atoms with van der Waals surface area (Å²) in [4.78, 5) is 11.3. The van der Waals surface area contributed by atoms with Gasteiger partial charge in [0.05, 0.1) is 14.2 Å². The van der Waals surface area contributed by atoms with Gasteiger partial charge in [0, 0.05) is 5.41 Å². The largest absolute Gasteiger partial charge is 0.493 e. The van der Waals surface area contributed by atoms with Crippen LogP contribution in [0.5, 0.6) is 11.5 Å². The summed E-state index contributed by atoms with van der Waals surface area (Å²) in [5.74, 6) is 0.0950. The number of rotatable bonds is 5. The van der Waals surface area contributed by atoms with Gasteiger partial charge in [0.1, 0.15) is 5.54 Å². The van der Waals surface area contributed by atoms with E-state index in [0.717, 1.165) is 5.56 Å². The van der Waals surface area contributed by atoms with Gasteiger partial charge in [-0.1, -0.05) is 19.9 Å². The van der Waals surface area contributed by atoms with E-state index in [1.807, 2.05) is 0 Å². The molecule has 1 atom stereocenters. The number of nitrogens with two attached hydrogens (primary N) is 1. The zero-order valence-electron chi connectivity index (χ0n) is 12.0. The van der Waals surface area contributed by atoms with Crippen molar-refractivity contribution in [2.24, 2.45) is 5.73 Å². The molecule has 0 bridgehead atoms. The highest BCUT2D eigenvalue weighted by Gasteiger charge is 2.45. The minimum Gasteiger partial charge on any atom is -0.493 e. The van der Waals surface area contributed by atoms with Crippen LogP contribution in [0.3, 0.4) is 0 Å². The zero-order chi connectivity index (χ0) is 14.8. The summed E-state index contributed by atoms with van der Waals surface area (Å²) in [6, 6.07) is 5.30. The average Bonchev–Trinajstić information content (AvgIpc) is 2.37. The molecule has 0 spiro atoms. The van der Waals surface area contributed by atoms with Gasteiger partial charge in [0.15, 0.2) is 11.5 Å². The molecule has 0 aliphatic rings. The molecule has 1 rings (SSSR count). The lowest BCUT2D eigenvalue weighted by Crippen LogP contribution is -2.58. The van der Waals surface area contributed by atoms with Gasteiger partial charge in [-0.15, -0.1) is 0 Å². The summed E-state index contributed by atoms with van der Waals surface area (Å²) in [5, 5.41) is 9.28. The van der Waals surface area contributed by atoms with Crippen LogP contribution in [-0.2, 0) is 10.2 Å². The number of carbonyl (C=O) groups is 1. The molecule has 5 heteroatoms. The quantitative estimate of drug-likeness (QED) is 0.850. The molecular formula is C14H21NO4. The van der Waals surface area contributed by atoms with Crippen LogP contribution >= 0.6 is 0 Å². The summed E-state index contributed by atoms with van der Waals surface area (Å²) in [6.07, 6.45) is 0. The topological polar surface area (TPSA) is 81.8 Å². The van der Waals surface area contributed by atoms with Crippen molar-refractivity contribution in [2.75, 3.05) is 14.2 Å². The fourth-order valence-electron chi connectivity index (χ4n) is 1.79. The minimum absolute atomic E-state index is 0.550. The lowest BCUT2D eigenvalue weighted by molar-refractivity contribution is -0.145. The minimum atomic E-state index is -1.40. The number of carboxylic acids is 1. The Hall–Kier alpha value is -1.75. The summed E-state index contributed by atoms with van der Waals surface area (Å²) < 4.78 is 10.4. The van der Waals surface area contributed by atoms with E-state index in [1.165, 1.54) is 14.0 Å². The zero-order valence-corrected chi connectivity index (χ0v) is 12.0. The van der Waals surface area contributed by atoms with Crippen molar-refractivity contribution in [3.63, 3.8) is 0 Å². The smallest absolute Gasteiger partial charge is 0.324 e. The fourth-order valence-corrected chi connectivity index (χ4v) is 1.79. The van der Waals surface area contributed by atoms with Crippen molar-refractivity contribution >= 4 is 5.97 Å². The van der Waals surface area contributed by atoms with E-state index in [0.29, 0.717) is 11.5 Å². The first kappa shape index (κ1) is 15.3. The summed E-state index contributed by atoms with van der Waals surface area (Å²) in [5.41, 5.74) is 4.57. The maximum absolute atomic E-state index is 11.3. The van der Waals surface area contributed by atoms with Gasteiger partial charge in [-0.2, -0.15) is 0 Å². The average molecular weight is 267 g/mol. The van der Waals surface area contributed by atoms with Gasteiger partial charge in [-0.3, -0.25) is 4.79 Å². The fraction of sp³-hybridized carbons (Fsp3) is 0.500. The van der Waals surface area contributed by atoms with Crippen LogP contribution in [0.15, 0.2) is 18.2 Å². The van der Waals surface area contributed by atoms with Crippen LogP contribution in [-0.4, -0.2) is 30.8 Å². The number of carboxylic acid groups (broad SMARTS) is 1. The van der Waals surface area contributed by atoms with Gasteiger partial charge in [0.25, 0.3) is 0 Å². The lowest BCUT2D eigenvalue weighted by Gasteiger charge is -2.38. The molecule has 0 fully saturated rings. The van der Waals surface area contributed by atoms with Crippen LogP contribution in [0.25, 0.3) is 0 Å². The first-order valence-electron chi connectivity index (χ1n) is 5.93. The molecule has 0 saturated heterocycles. The lowest BCUT2D eigenvalue weighted by atomic mass is 9.69. The van der Waals surface area contributed by atoms with Crippen molar-refractivity contribution in [1.29, 1.82) is 0 Å².